The van der Waals surface area contributed by atoms with Gasteiger partial charge in [0.15, 0.2) is 11.2 Å². The van der Waals surface area contributed by atoms with E-state index in [1.807, 2.05) is 31.2 Å². The number of anilines is 1. The summed E-state index contributed by atoms with van der Waals surface area (Å²) in [6.07, 6.45) is 0.0678. The van der Waals surface area contributed by atoms with Gasteiger partial charge in [-0.15, -0.1) is 0 Å². The predicted molar refractivity (Wildman–Crippen MR) is 107 cm³/mol. The van der Waals surface area contributed by atoms with Crippen LogP contribution in [0.5, 0.6) is 5.75 Å². The number of imidazole rings is 1. The molecule has 28 heavy (non-hydrogen) atoms. The van der Waals surface area contributed by atoms with Crippen LogP contribution in [0, 0.1) is 0 Å². The molecular weight excluding hydrogens is 362 g/mol. The number of hydrogen-bond acceptors (Lipinski definition) is 6. The van der Waals surface area contributed by atoms with Crippen LogP contribution in [-0.4, -0.2) is 43.5 Å². The second-order valence-corrected chi connectivity index (χ2v) is 6.53. The van der Waals surface area contributed by atoms with Gasteiger partial charge in [-0.1, -0.05) is 19.1 Å². The minimum Gasteiger partial charge on any atom is -0.491 e. The maximum atomic E-state index is 12.3. The van der Waals surface area contributed by atoms with Crippen molar-refractivity contribution in [1.82, 2.24) is 19.1 Å². The zero-order chi connectivity index (χ0) is 20.3. The van der Waals surface area contributed by atoms with E-state index in [0.717, 1.165) is 6.42 Å². The van der Waals surface area contributed by atoms with Gasteiger partial charge in [-0.25, -0.2) is 4.79 Å². The third-order valence-corrected chi connectivity index (χ3v) is 4.51. The van der Waals surface area contributed by atoms with Crippen molar-refractivity contribution in [2.45, 2.75) is 32.9 Å². The quantitative estimate of drug-likeness (QED) is 0.528. The summed E-state index contributed by atoms with van der Waals surface area (Å²) in [7, 11) is 1.53. The van der Waals surface area contributed by atoms with Gasteiger partial charge in [0.1, 0.15) is 18.5 Å². The van der Waals surface area contributed by atoms with Crippen molar-refractivity contribution in [2.75, 3.05) is 18.5 Å². The molecule has 1 atom stereocenters. The lowest BCUT2D eigenvalue weighted by Gasteiger charge is -2.15. The molecule has 0 amide bonds. The van der Waals surface area contributed by atoms with Gasteiger partial charge in [0.2, 0.25) is 5.95 Å². The molecule has 0 aliphatic heterocycles. The fourth-order valence-electron chi connectivity index (χ4n) is 2.98. The molecule has 0 saturated carbocycles. The summed E-state index contributed by atoms with van der Waals surface area (Å²) in [6.45, 7) is 4.69. The lowest BCUT2D eigenvalue weighted by molar-refractivity contribution is 0.0938. The fraction of sp³-hybridized carbons (Fsp3) is 0.421. The highest BCUT2D eigenvalue weighted by molar-refractivity contribution is 5.74. The Kier molecular flexibility index (Phi) is 5.84. The summed E-state index contributed by atoms with van der Waals surface area (Å²) in [5, 5.41) is 13.5. The number of nitrogens with zero attached hydrogens (tertiary/aromatic N) is 3. The van der Waals surface area contributed by atoms with Gasteiger partial charge in [-0.05, 0) is 31.0 Å². The minimum atomic E-state index is -0.878. The maximum Gasteiger partial charge on any atom is 0.329 e. The number of aromatic amines is 1. The first-order chi connectivity index (χ1) is 13.4. The van der Waals surface area contributed by atoms with Crippen molar-refractivity contribution in [2.24, 2.45) is 7.05 Å². The SMILES string of the molecule is CCNc1nc2c(c(=O)[nH]c(=O)n2C)n1CC(O)COc1ccc(CC)cc1. The summed E-state index contributed by atoms with van der Waals surface area (Å²) < 4.78 is 8.50. The molecule has 3 N–H and O–H groups in total. The summed E-state index contributed by atoms with van der Waals surface area (Å²) in [4.78, 5) is 30.8. The van der Waals surface area contributed by atoms with E-state index in [1.54, 1.807) is 4.57 Å². The van der Waals surface area contributed by atoms with E-state index in [9.17, 15) is 14.7 Å². The van der Waals surface area contributed by atoms with Crippen molar-refractivity contribution in [1.29, 1.82) is 0 Å². The van der Waals surface area contributed by atoms with Gasteiger partial charge in [0.05, 0.1) is 6.54 Å². The van der Waals surface area contributed by atoms with E-state index in [-0.39, 0.29) is 24.3 Å². The van der Waals surface area contributed by atoms with Gasteiger partial charge in [-0.3, -0.25) is 14.3 Å². The highest BCUT2D eigenvalue weighted by atomic mass is 16.5. The Morgan fingerprint density at radius 1 is 1.25 bits per heavy atom. The first-order valence-electron chi connectivity index (χ1n) is 9.27. The van der Waals surface area contributed by atoms with Crippen LogP contribution in [0.25, 0.3) is 11.2 Å². The molecule has 1 aromatic carbocycles. The lowest BCUT2D eigenvalue weighted by Crippen LogP contribution is -2.31. The second kappa shape index (κ2) is 8.30. The summed E-state index contributed by atoms with van der Waals surface area (Å²) >= 11 is 0. The fourth-order valence-corrected chi connectivity index (χ4v) is 2.98. The lowest BCUT2D eigenvalue weighted by atomic mass is 10.2. The number of ether oxygens (including phenoxy) is 1. The summed E-state index contributed by atoms with van der Waals surface area (Å²) in [5.41, 5.74) is 0.609. The highest BCUT2D eigenvalue weighted by Gasteiger charge is 2.19. The number of aliphatic hydroxyl groups excluding tert-OH is 1. The number of hydrogen-bond donors (Lipinski definition) is 3. The molecule has 9 nitrogen and oxygen atoms in total. The van der Waals surface area contributed by atoms with Gasteiger partial charge in [0.25, 0.3) is 5.56 Å². The number of aromatic nitrogens is 4. The van der Waals surface area contributed by atoms with Crippen molar-refractivity contribution < 1.29 is 9.84 Å². The standard InChI is InChI=1S/C19H25N5O4/c1-4-12-6-8-14(9-7-12)28-11-13(25)10-24-15-16(21-18(24)20-5-2)23(3)19(27)22-17(15)26/h6-9,13,25H,4-5,10-11H2,1-3H3,(H,20,21)(H,22,26,27). The number of aliphatic hydroxyl groups is 1. The number of H-pyrrole nitrogens is 1. The second-order valence-electron chi connectivity index (χ2n) is 6.53. The molecule has 3 rings (SSSR count). The first kappa shape index (κ1) is 19.7. The number of aryl methyl sites for hydroxylation is 2. The van der Waals surface area contributed by atoms with E-state index in [4.69, 9.17) is 4.74 Å². The summed E-state index contributed by atoms with van der Waals surface area (Å²) in [5.74, 6) is 1.08. The zero-order valence-corrected chi connectivity index (χ0v) is 16.2. The molecule has 0 radical (unpaired) electrons. The van der Waals surface area contributed by atoms with Crippen LogP contribution in [0.4, 0.5) is 5.95 Å². The Balaban J connectivity index is 1.83. The van der Waals surface area contributed by atoms with Crippen molar-refractivity contribution >= 4 is 17.1 Å². The van der Waals surface area contributed by atoms with E-state index in [1.165, 1.54) is 17.2 Å². The van der Waals surface area contributed by atoms with Crippen molar-refractivity contribution in [3.8, 4) is 5.75 Å². The third kappa shape index (κ3) is 3.94. The number of rotatable bonds is 8. The van der Waals surface area contributed by atoms with Crippen LogP contribution in [0.2, 0.25) is 0 Å². The minimum absolute atomic E-state index is 0.0559. The van der Waals surface area contributed by atoms with Gasteiger partial charge in [-0.2, -0.15) is 4.98 Å². The normalized spacial score (nSPS) is 12.3. The molecule has 2 aromatic heterocycles. The molecular formula is C19H25N5O4. The number of fused-ring (bicyclic) bond motifs is 1. The third-order valence-electron chi connectivity index (χ3n) is 4.51. The zero-order valence-electron chi connectivity index (χ0n) is 16.2. The first-order valence-corrected chi connectivity index (χ1v) is 9.27. The van der Waals surface area contributed by atoms with Crippen LogP contribution in [0.15, 0.2) is 33.9 Å². The highest BCUT2D eigenvalue weighted by Crippen LogP contribution is 2.17. The molecule has 3 aromatic rings. The van der Waals surface area contributed by atoms with Gasteiger partial charge >= 0.3 is 5.69 Å². The van der Waals surface area contributed by atoms with Crippen LogP contribution in [0.1, 0.15) is 19.4 Å². The molecule has 0 aliphatic carbocycles. The average molecular weight is 387 g/mol. The smallest absolute Gasteiger partial charge is 0.329 e. The molecule has 9 heteroatoms. The Morgan fingerprint density at radius 3 is 2.61 bits per heavy atom. The monoisotopic (exact) mass is 387 g/mol. The van der Waals surface area contributed by atoms with Crippen LogP contribution in [-0.2, 0) is 20.0 Å². The van der Waals surface area contributed by atoms with Gasteiger partial charge in [0, 0.05) is 13.6 Å². The van der Waals surface area contributed by atoms with Crippen molar-refractivity contribution in [3.63, 3.8) is 0 Å². The molecule has 0 saturated heterocycles. The van der Waals surface area contributed by atoms with Crippen molar-refractivity contribution in [3.05, 3.63) is 50.7 Å². The van der Waals surface area contributed by atoms with Crippen LogP contribution in [0.3, 0.4) is 0 Å². The molecule has 0 spiro atoms. The van der Waals surface area contributed by atoms with Crippen LogP contribution < -0.4 is 21.3 Å². The Bertz CT molecular complexity index is 1060. The Morgan fingerprint density at radius 2 is 1.96 bits per heavy atom. The van der Waals surface area contributed by atoms with E-state index in [0.29, 0.717) is 18.2 Å². The topological polar surface area (TPSA) is 114 Å². The molecule has 0 fully saturated rings. The van der Waals surface area contributed by atoms with E-state index in [2.05, 4.69) is 22.2 Å². The van der Waals surface area contributed by atoms with Gasteiger partial charge < -0.3 is 19.7 Å². The molecule has 150 valence electrons. The molecule has 2 heterocycles. The van der Waals surface area contributed by atoms with Crippen LogP contribution >= 0.6 is 0 Å². The van der Waals surface area contributed by atoms with E-state index >= 15 is 0 Å². The molecule has 0 aliphatic rings. The molecule has 1 unspecified atom stereocenters. The predicted octanol–water partition coefficient (Wildman–Crippen LogP) is 0.857. The van der Waals surface area contributed by atoms with E-state index < -0.39 is 17.4 Å². The maximum absolute atomic E-state index is 12.3. The number of benzene rings is 1. The Hall–Kier alpha value is -3.07. The molecule has 0 bridgehead atoms. The number of nitrogens with one attached hydrogen (secondary N) is 2. The Labute approximate surface area is 161 Å². The largest absolute Gasteiger partial charge is 0.491 e. The summed E-state index contributed by atoms with van der Waals surface area (Å²) in [6, 6.07) is 7.69. The average Bonchev–Trinajstić information content (AvgIpc) is 3.04.